The summed E-state index contributed by atoms with van der Waals surface area (Å²) in [6.45, 7) is 6.08. The van der Waals surface area contributed by atoms with Crippen LogP contribution in [0.3, 0.4) is 0 Å². The molecule has 1 aliphatic rings. The Balaban J connectivity index is 2.03. The van der Waals surface area contributed by atoms with Crippen molar-refractivity contribution in [2.45, 2.75) is 53.0 Å². The lowest BCUT2D eigenvalue weighted by atomic mass is 9.87. The lowest BCUT2D eigenvalue weighted by molar-refractivity contribution is -0.214. The van der Waals surface area contributed by atoms with Crippen molar-refractivity contribution in [3.63, 3.8) is 0 Å². The van der Waals surface area contributed by atoms with Crippen molar-refractivity contribution in [2.24, 2.45) is 17.8 Å². The largest absolute Gasteiger partial charge is 0.393 e. The molecule has 4 nitrogen and oxygen atoms in total. The molecular formula is C25H29F6N3O. The third-order valence-electron chi connectivity index (χ3n) is 6.20. The maximum Gasteiger partial charge on any atom is 0.393 e. The first-order valence-corrected chi connectivity index (χ1v) is 11.4. The van der Waals surface area contributed by atoms with Crippen molar-refractivity contribution in [1.29, 1.82) is 0 Å². The number of alkyl halides is 6. The maximum atomic E-state index is 13.5. The molecule has 35 heavy (non-hydrogen) atoms. The molecule has 1 saturated heterocycles. The fraction of sp³-hybridized carbons (Fsp3) is 0.520. The van der Waals surface area contributed by atoms with Crippen molar-refractivity contribution in [3.05, 3.63) is 47.3 Å². The van der Waals surface area contributed by atoms with Crippen LogP contribution in [-0.2, 0) is 11.3 Å². The predicted molar refractivity (Wildman–Crippen MR) is 122 cm³/mol. The smallest absolute Gasteiger partial charge is 0.370 e. The normalized spacial score (nSPS) is 19.2. The molecule has 0 saturated carbocycles. The predicted octanol–water partition coefficient (Wildman–Crippen LogP) is 6.20. The number of carbonyl (C=O) groups is 1. The second-order valence-corrected chi connectivity index (χ2v) is 9.47. The molecule has 3 rings (SSSR count). The molecule has 0 spiro atoms. The van der Waals surface area contributed by atoms with E-state index in [9.17, 15) is 31.1 Å². The van der Waals surface area contributed by atoms with E-state index in [1.807, 2.05) is 26.0 Å². The summed E-state index contributed by atoms with van der Waals surface area (Å²) >= 11 is 0. The van der Waals surface area contributed by atoms with Crippen LogP contribution in [0.2, 0.25) is 0 Å². The molecule has 1 aliphatic heterocycles. The molecule has 10 heteroatoms. The SMILES string of the molecule is Cc1cc(-c2ccc(N3C[C@H](C(F)(F)F)C[C@H](C(F)(F)F)C3)cc2CNC(=O)C(C)C)cc(C)n1. The Hall–Kier alpha value is -2.78. The van der Waals surface area contributed by atoms with Crippen LogP contribution in [0.5, 0.6) is 0 Å². The molecule has 2 heterocycles. The standard InChI is InChI=1S/C25H29F6N3O/c1-14(2)23(35)32-11-18-9-21(5-6-22(18)17-7-15(3)33-16(4)8-17)34-12-19(24(26,27)28)10-20(13-34)25(29,30)31/h5-9,14,19-20H,10-13H2,1-4H3,(H,32,35)/t19-,20+. The van der Waals surface area contributed by atoms with Crippen molar-refractivity contribution in [1.82, 2.24) is 10.3 Å². The zero-order chi connectivity index (χ0) is 26.1. The van der Waals surface area contributed by atoms with Gasteiger partial charge in [0.25, 0.3) is 0 Å². The van der Waals surface area contributed by atoms with E-state index in [1.54, 1.807) is 32.0 Å². The first-order chi connectivity index (χ1) is 16.1. The van der Waals surface area contributed by atoms with Gasteiger partial charge in [-0.25, -0.2) is 0 Å². The van der Waals surface area contributed by atoms with E-state index in [1.165, 1.54) is 0 Å². The lowest BCUT2D eigenvalue weighted by Gasteiger charge is -2.40. The van der Waals surface area contributed by atoms with Gasteiger partial charge in [0.2, 0.25) is 5.91 Å². The summed E-state index contributed by atoms with van der Waals surface area (Å²) in [6, 6.07) is 8.49. The topological polar surface area (TPSA) is 45.2 Å². The van der Waals surface area contributed by atoms with Gasteiger partial charge >= 0.3 is 12.4 Å². The highest BCUT2D eigenvalue weighted by Crippen LogP contribution is 2.43. The molecule has 2 atom stereocenters. The minimum absolute atomic E-state index is 0.0832. The molecule has 0 radical (unpaired) electrons. The van der Waals surface area contributed by atoms with Gasteiger partial charge in [0, 0.05) is 42.6 Å². The second-order valence-electron chi connectivity index (χ2n) is 9.47. The molecule has 1 fully saturated rings. The number of hydrogen-bond acceptors (Lipinski definition) is 3. The van der Waals surface area contributed by atoms with Crippen LogP contribution in [0.4, 0.5) is 32.0 Å². The van der Waals surface area contributed by atoms with Gasteiger partial charge in [0.1, 0.15) is 0 Å². The Bertz CT molecular complexity index is 1020. The monoisotopic (exact) mass is 501 g/mol. The van der Waals surface area contributed by atoms with Gasteiger partial charge in [-0.1, -0.05) is 19.9 Å². The summed E-state index contributed by atoms with van der Waals surface area (Å²) in [5, 5.41) is 2.80. The highest BCUT2D eigenvalue weighted by atomic mass is 19.4. The van der Waals surface area contributed by atoms with Crippen LogP contribution < -0.4 is 10.2 Å². The summed E-state index contributed by atoms with van der Waals surface area (Å²) in [6.07, 6.45) is -10.4. The van der Waals surface area contributed by atoms with E-state index in [0.717, 1.165) is 27.4 Å². The third kappa shape index (κ3) is 6.67. The van der Waals surface area contributed by atoms with E-state index < -0.39 is 43.7 Å². The van der Waals surface area contributed by atoms with Gasteiger partial charge in [-0.05, 0) is 61.2 Å². The van der Waals surface area contributed by atoms with Gasteiger partial charge < -0.3 is 10.2 Å². The average molecular weight is 502 g/mol. The van der Waals surface area contributed by atoms with Crippen LogP contribution >= 0.6 is 0 Å². The number of anilines is 1. The Morgan fingerprint density at radius 3 is 2.03 bits per heavy atom. The zero-order valence-electron chi connectivity index (χ0n) is 20.0. The lowest BCUT2D eigenvalue weighted by Crippen LogP contribution is -2.49. The summed E-state index contributed by atoms with van der Waals surface area (Å²) in [5.74, 6) is -4.67. The van der Waals surface area contributed by atoms with Crippen molar-refractivity contribution < 1.29 is 31.1 Å². The quantitative estimate of drug-likeness (QED) is 0.496. The Labute approximate surface area is 200 Å². The van der Waals surface area contributed by atoms with Crippen LogP contribution in [0.15, 0.2) is 30.3 Å². The zero-order valence-corrected chi connectivity index (χ0v) is 20.0. The number of piperidine rings is 1. The van der Waals surface area contributed by atoms with Gasteiger partial charge in [-0.15, -0.1) is 0 Å². The van der Waals surface area contributed by atoms with E-state index in [4.69, 9.17) is 0 Å². The number of nitrogens with zero attached hydrogens (tertiary/aromatic N) is 2. The number of hydrogen-bond donors (Lipinski definition) is 1. The maximum absolute atomic E-state index is 13.5. The fourth-order valence-electron chi connectivity index (χ4n) is 4.37. The minimum atomic E-state index is -4.73. The molecule has 1 aromatic heterocycles. The van der Waals surface area contributed by atoms with Crippen LogP contribution in [0.1, 0.15) is 37.2 Å². The van der Waals surface area contributed by atoms with Crippen molar-refractivity contribution in [3.8, 4) is 11.1 Å². The molecule has 192 valence electrons. The number of halogens is 6. The highest BCUT2D eigenvalue weighted by molar-refractivity contribution is 5.78. The van der Waals surface area contributed by atoms with E-state index in [-0.39, 0.29) is 24.1 Å². The molecule has 1 amide bonds. The summed E-state index contributed by atoms with van der Waals surface area (Å²) in [4.78, 5) is 17.7. The van der Waals surface area contributed by atoms with Gasteiger partial charge in [-0.2, -0.15) is 26.3 Å². The van der Waals surface area contributed by atoms with E-state index in [0.29, 0.717) is 5.56 Å². The number of carbonyl (C=O) groups excluding carboxylic acids is 1. The summed E-state index contributed by atoms with van der Waals surface area (Å²) < 4.78 is 80.8. The molecule has 0 bridgehead atoms. The van der Waals surface area contributed by atoms with Crippen molar-refractivity contribution >= 4 is 11.6 Å². The molecule has 0 aliphatic carbocycles. The average Bonchev–Trinajstić information content (AvgIpc) is 2.75. The Morgan fingerprint density at radius 1 is 1.00 bits per heavy atom. The van der Waals surface area contributed by atoms with Crippen molar-refractivity contribution in [2.75, 3.05) is 18.0 Å². The van der Waals surface area contributed by atoms with Gasteiger partial charge in [0.05, 0.1) is 11.8 Å². The molecule has 1 aromatic carbocycles. The molecular weight excluding hydrogens is 472 g/mol. The first-order valence-electron chi connectivity index (χ1n) is 11.4. The fourth-order valence-corrected chi connectivity index (χ4v) is 4.37. The van der Waals surface area contributed by atoms with Crippen LogP contribution in [-0.4, -0.2) is 36.3 Å². The number of benzene rings is 1. The minimum Gasteiger partial charge on any atom is -0.370 e. The Morgan fingerprint density at radius 2 is 1.54 bits per heavy atom. The number of rotatable bonds is 5. The summed E-state index contributed by atoms with van der Waals surface area (Å²) in [7, 11) is 0. The molecule has 1 N–H and O–H groups in total. The molecule has 0 unspecified atom stereocenters. The van der Waals surface area contributed by atoms with E-state index >= 15 is 0 Å². The molecule has 2 aromatic rings. The Kier molecular flexibility index (Phi) is 7.71. The number of aromatic nitrogens is 1. The van der Waals surface area contributed by atoms with Crippen LogP contribution in [0.25, 0.3) is 11.1 Å². The first kappa shape index (κ1) is 26.8. The van der Waals surface area contributed by atoms with E-state index in [2.05, 4.69) is 10.3 Å². The third-order valence-corrected chi connectivity index (χ3v) is 6.20. The number of pyridine rings is 1. The second kappa shape index (κ2) is 10.1. The summed E-state index contributed by atoms with van der Waals surface area (Å²) in [5.41, 5.74) is 3.91. The number of nitrogens with one attached hydrogen (secondary N) is 1. The van der Waals surface area contributed by atoms with Gasteiger partial charge in [0.15, 0.2) is 0 Å². The number of amides is 1. The van der Waals surface area contributed by atoms with Crippen LogP contribution in [0, 0.1) is 31.6 Å². The number of aryl methyl sites for hydroxylation is 2. The highest BCUT2D eigenvalue weighted by Gasteiger charge is 2.51. The van der Waals surface area contributed by atoms with Gasteiger partial charge in [-0.3, -0.25) is 9.78 Å².